The first-order valence-corrected chi connectivity index (χ1v) is 7.25. The first kappa shape index (κ1) is 17.4. The topological polar surface area (TPSA) is 81.4 Å². The van der Waals surface area contributed by atoms with Gasteiger partial charge >= 0.3 is 5.97 Å². The van der Waals surface area contributed by atoms with Crippen molar-refractivity contribution in [3.05, 3.63) is 29.8 Å². The molecule has 0 aliphatic heterocycles. The van der Waals surface area contributed by atoms with E-state index in [9.17, 15) is 18.4 Å². The standard InChI is InChI=1S/C13H16F2N2O3S/c1-20-13(19)10(16)4-5-21-7-12(18)17-11-6-8(14)2-3-9(11)15/h2-3,6,10H,4-5,7,16H2,1H3,(H,17,18). The predicted octanol–water partition coefficient (Wildman–Crippen LogP) is 1.53. The van der Waals surface area contributed by atoms with E-state index in [2.05, 4.69) is 10.1 Å². The molecule has 3 N–H and O–H groups in total. The Labute approximate surface area is 125 Å². The lowest BCUT2D eigenvalue weighted by Crippen LogP contribution is -2.32. The number of carbonyl (C=O) groups is 2. The SMILES string of the molecule is COC(=O)C(N)CCSCC(=O)Nc1cc(F)ccc1F. The van der Waals surface area contributed by atoms with E-state index >= 15 is 0 Å². The lowest BCUT2D eigenvalue weighted by molar-refractivity contribution is -0.142. The number of benzene rings is 1. The molecule has 1 amide bonds. The zero-order valence-corrected chi connectivity index (χ0v) is 12.2. The number of nitrogens with one attached hydrogen (secondary N) is 1. The highest BCUT2D eigenvalue weighted by Gasteiger charge is 2.13. The third kappa shape index (κ3) is 6.09. The van der Waals surface area contributed by atoms with Gasteiger partial charge in [0, 0.05) is 6.07 Å². The molecule has 0 aromatic heterocycles. The number of amides is 1. The highest BCUT2D eigenvalue weighted by atomic mass is 32.2. The van der Waals surface area contributed by atoms with Gasteiger partial charge in [-0.1, -0.05) is 0 Å². The van der Waals surface area contributed by atoms with Crippen LogP contribution in [0.1, 0.15) is 6.42 Å². The van der Waals surface area contributed by atoms with Crippen LogP contribution >= 0.6 is 11.8 Å². The molecule has 116 valence electrons. The maximum absolute atomic E-state index is 13.3. The van der Waals surface area contributed by atoms with Gasteiger partial charge in [-0.2, -0.15) is 11.8 Å². The van der Waals surface area contributed by atoms with Gasteiger partial charge in [0.1, 0.15) is 17.7 Å². The lowest BCUT2D eigenvalue weighted by atomic mass is 10.2. The van der Waals surface area contributed by atoms with Crippen LogP contribution in [0.5, 0.6) is 0 Å². The number of hydrogen-bond acceptors (Lipinski definition) is 5. The highest BCUT2D eigenvalue weighted by Crippen LogP contribution is 2.16. The Balaban J connectivity index is 2.32. The second-order valence-electron chi connectivity index (χ2n) is 4.14. The Hall–Kier alpha value is -1.67. The molecule has 21 heavy (non-hydrogen) atoms. The molecule has 0 aliphatic rings. The van der Waals surface area contributed by atoms with Crippen molar-refractivity contribution < 1.29 is 23.1 Å². The first-order valence-electron chi connectivity index (χ1n) is 6.10. The number of halogens is 2. The minimum atomic E-state index is -0.730. The van der Waals surface area contributed by atoms with Crippen molar-refractivity contribution in [2.45, 2.75) is 12.5 Å². The van der Waals surface area contributed by atoms with Crippen LogP contribution in [0, 0.1) is 11.6 Å². The van der Waals surface area contributed by atoms with E-state index in [1.807, 2.05) is 0 Å². The molecule has 0 spiro atoms. The van der Waals surface area contributed by atoms with Crippen molar-refractivity contribution in [3.8, 4) is 0 Å². The third-order valence-electron chi connectivity index (χ3n) is 2.51. The van der Waals surface area contributed by atoms with E-state index in [0.29, 0.717) is 12.2 Å². The molecule has 0 bridgehead atoms. The maximum atomic E-state index is 13.3. The van der Waals surface area contributed by atoms with Crippen LogP contribution in [0.25, 0.3) is 0 Å². The average molecular weight is 318 g/mol. The average Bonchev–Trinajstić information content (AvgIpc) is 2.46. The quantitative estimate of drug-likeness (QED) is 0.588. The van der Waals surface area contributed by atoms with Gasteiger partial charge in [-0.25, -0.2) is 8.78 Å². The Morgan fingerprint density at radius 1 is 1.43 bits per heavy atom. The van der Waals surface area contributed by atoms with Gasteiger partial charge in [-0.3, -0.25) is 9.59 Å². The molecule has 0 radical (unpaired) electrons. The molecule has 0 saturated heterocycles. The van der Waals surface area contributed by atoms with Crippen LogP contribution in [-0.4, -0.2) is 36.5 Å². The minimum Gasteiger partial charge on any atom is -0.468 e. The van der Waals surface area contributed by atoms with Gasteiger partial charge in [0.15, 0.2) is 0 Å². The Morgan fingerprint density at radius 3 is 2.81 bits per heavy atom. The summed E-state index contributed by atoms with van der Waals surface area (Å²) in [6.45, 7) is 0. The molecular formula is C13H16F2N2O3S. The zero-order valence-electron chi connectivity index (χ0n) is 11.4. The number of rotatable bonds is 7. The molecule has 1 unspecified atom stereocenters. The summed E-state index contributed by atoms with van der Waals surface area (Å²) in [5, 5.41) is 2.28. The molecule has 0 saturated carbocycles. The van der Waals surface area contributed by atoms with Gasteiger partial charge in [0.25, 0.3) is 0 Å². The summed E-state index contributed by atoms with van der Waals surface area (Å²) in [7, 11) is 1.25. The van der Waals surface area contributed by atoms with Crippen LogP contribution in [0.3, 0.4) is 0 Å². The second-order valence-corrected chi connectivity index (χ2v) is 5.25. The van der Waals surface area contributed by atoms with Gasteiger partial charge in [0.05, 0.1) is 18.6 Å². The summed E-state index contributed by atoms with van der Waals surface area (Å²) in [6.07, 6.45) is 0.360. The van der Waals surface area contributed by atoms with Crippen molar-refractivity contribution in [2.24, 2.45) is 5.73 Å². The molecule has 8 heteroatoms. The van der Waals surface area contributed by atoms with Gasteiger partial charge < -0.3 is 15.8 Å². The summed E-state index contributed by atoms with van der Waals surface area (Å²) >= 11 is 1.23. The summed E-state index contributed by atoms with van der Waals surface area (Å²) < 4.78 is 30.7. The minimum absolute atomic E-state index is 0.0455. The summed E-state index contributed by atoms with van der Waals surface area (Å²) in [5.74, 6) is -1.80. The third-order valence-corrected chi connectivity index (χ3v) is 3.50. The summed E-state index contributed by atoms with van der Waals surface area (Å²) in [6, 6.07) is 2.08. The smallest absolute Gasteiger partial charge is 0.322 e. The van der Waals surface area contributed by atoms with Crippen molar-refractivity contribution in [1.82, 2.24) is 0 Å². The highest BCUT2D eigenvalue weighted by molar-refractivity contribution is 7.99. The van der Waals surface area contributed by atoms with Crippen molar-refractivity contribution in [3.63, 3.8) is 0 Å². The van der Waals surface area contributed by atoms with E-state index in [1.54, 1.807) is 0 Å². The molecule has 1 rings (SSSR count). The van der Waals surface area contributed by atoms with Crippen molar-refractivity contribution in [1.29, 1.82) is 0 Å². The van der Waals surface area contributed by atoms with Gasteiger partial charge in [-0.05, 0) is 24.3 Å². The Bertz CT molecular complexity index is 514. The molecule has 1 aromatic rings. The second kappa shape index (κ2) is 8.58. The number of hydrogen-bond donors (Lipinski definition) is 2. The monoisotopic (exact) mass is 318 g/mol. The van der Waals surface area contributed by atoms with E-state index in [1.165, 1.54) is 18.9 Å². The zero-order chi connectivity index (χ0) is 15.8. The van der Waals surface area contributed by atoms with E-state index in [0.717, 1.165) is 18.2 Å². The fourth-order valence-electron chi connectivity index (χ4n) is 1.42. The van der Waals surface area contributed by atoms with Crippen molar-refractivity contribution >= 4 is 29.3 Å². The van der Waals surface area contributed by atoms with Gasteiger partial charge in [0.2, 0.25) is 5.91 Å². The molecule has 5 nitrogen and oxygen atoms in total. The summed E-state index contributed by atoms with van der Waals surface area (Å²) in [4.78, 5) is 22.6. The normalized spacial score (nSPS) is 11.8. The number of methoxy groups -OCH3 is 1. The molecule has 0 aliphatic carbocycles. The Kier molecular flexibility index (Phi) is 7.10. The van der Waals surface area contributed by atoms with Crippen LogP contribution in [0.2, 0.25) is 0 Å². The predicted molar refractivity (Wildman–Crippen MR) is 76.9 cm³/mol. The number of thioether (sulfide) groups is 1. The van der Waals surface area contributed by atoms with Crippen molar-refractivity contribution in [2.75, 3.05) is 23.9 Å². The van der Waals surface area contributed by atoms with E-state index in [-0.39, 0.29) is 11.4 Å². The van der Waals surface area contributed by atoms with E-state index in [4.69, 9.17) is 5.73 Å². The van der Waals surface area contributed by atoms with Crippen LogP contribution in [-0.2, 0) is 14.3 Å². The number of esters is 1. The number of nitrogens with two attached hydrogens (primary N) is 1. The molecule has 0 fully saturated rings. The van der Waals surface area contributed by atoms with E-state index < -0.39 is 29.6 Å². The molecule has 1 aromatic carbocycles. The van der Waals surface area contributed by atoms with Gasteiger partial charge in [-0.15, -0.1) is 0 Å². The maximum Gasteiger partial charge on any atom is 0.322 e. The van der Waals surface area contributed by atoms with Crippen LogP contribution in [0.15, 0.2) is 18.2 Å². The van der Waals surface area contributed by atoms with Crippen LogP contribution in [0.4, 0.5) is 14.5 Å². The number of ether oxygens (including phenoxy) is 1. The molecule has 1 atom stereocenters. The molecule has 0 heterocycles. The number of carbonyl (C=O) groups excluding carboxylic acids is 2. The fraction of sp³-hybridized carbons (Fsp3) is 0.385. The first-order chi connectivity index (χ1) is 9.93. The summed E-state index contributed by atoms with van der Waals surface area (Å²) in [5.41, 5.74) is 5.32. The van der Waals surface area contributed by atoms with Crippen LogP contribution < -0.4 is 11.1 Å². The fourth-order valence-corrected chi connectivity index (χ4v) is 2.25. The lowest BCUT2D eigenvalue weighted by Gasteiger charge is -2.09. The molecular weight excluding hydrogens is 302 g/mol. The Morgan fingerprint density at radius 2 is 2.14 bits per heavy atom. The number of anilines is 1. The largest absolute Gasteiger partial charge is 0.468 e.